The van der Waals surface area contributed by atoms with E-state index in [4.69, 9.17) is 16.2 Å². The van der Waals surface area contributed by atoms with Crippen molar-refractivity contribution in [1.82, 2.24) is 0 Å². The summed E-state index contributed by atoms with van der Waals surface area (Å²) in [4.78, 5) is 0. The molecule has 1 unspecified atom stereocenters. The molecule has 0 saturated carbocycles. The highest BCUT2D eigenvalue weighted by Gasteiger charge is 2.42. The van der Waals surface area contributed by atoms with E-state index in [1.54, 1.807) is 0 Å². The second-order valence-electron chi connectivity index (χ2n) is 1.37. The van der Waals surface area contributed by atoms with E-state index in [-0.39, 0.29) is 0 Å². The van der Waals surface area contributed by atoms with Gasteiger partial charge in [0.15, 0.2) is 0 Å². The van der Waals surface area contributed by atoms with Crippen molar-refractivity contribution in [2.24, 2.45) is 0 Å². The summed E-state index contributed by atoms with van der Waals surface area (Å²) in [6.07, 6.45) is 0. The third kappa shape index (κ3) is 3.21. The van der Waals surface area contributed by atoms with Crippen LogP contribution in [-0.4, -0.2) is 22.3 Å². The molecule has 0 aromatic heterocycles. The predicted molar refractivity (Wildman–Crippen MR) is 36.7 cm³/mol. The van der Waals surface area contributed by atoms with Crippen molar-refractivity contribution in [2.45, 2.75) is 9.30 Å². The first-order valence-corrected chi connectivity index (χ1v) is 4.52. The number of hydrogen-bond acceptors (Lipinski definition) is 2. The fourth-order valence-corrected chi connectivity index (χ4v) is 1.18. The number of rotatable bonds is 2. The average molecular weight is 231 g/mol. The lowest BCUT2D eigenvalue weighted by molar-refractivity contribution is 0.389. The molecule has 0 saturated heterocycles. The Labute approximate surface area is 71.8 Å². The number of halogens is 4. The minimum Gasteiger partial charge on any atom is -0.284 e. The highest BCUT2D eigenvalue weighted by molar-refractivity contribution is 7.88. The quantitative estimate of drug-likeness (QED) is 0.579. The van der Waals surface area contributed by atoms with E-state index in [1.165, 1.54) is 0 Å². The molecule has 8 heteroatoms. The summed E-state index contributed by atoms with van der Waals surface area (Å²) in [5.41, 5.74) is 0. The normalized spacial score (nSPS) is 16.9. The third-order valence-electron chi connectivity index (χ3n) is 0.519. The molecule has 0 fully saturated rings. The predicted octanol–water partition coefficient (Wildman–Crippen LogP) is 1.54. The molecule has 1 atom stereocenters. The second-order valence-corrected chi connectivity index (χ2v) is 4.86. The van der Waals surface area contributed by atoms with E-state index < -0.39 is 19.4 Å². The van der Waals surface area contributed by atoms with E-state index >= 15 is 0 Å². The van der Waals surface area contributed by atoms with Crippen LogP contribution in [0.25, 0.3) is 0 Å². The molecule has 0 radical (unpaired) electrons. The van der Waals surface area contributed by atoms with Gasteiger partial charge in [0.1, 0.15) is 0 Å². The van der Waals surface area contributed by atoms with Gasteiger partial charge in [-0.1, -0.05) is 34.8 Å². The van der Waals surface area contributed by atoms with Gasteiger partial charge in [-0.25, -0.2) is 4.39 Å². The molecule has 0 spiro atoms. The zero-order valence-electron chi connectivity index (χ0n) is 4.26. The Balaban J connectivity index is 4.56. The number of alkyl halides is 4. The lowest BCUT2D eigenvalue weighted by Crippen LogP contribution is -2.29. The van der Waals surface area contributed by atoms with Gasteiger partial charge in [-0.2, -0.15) is 8.42 Å². The van der Waals surface area contributed by atoms with Crippen molar-refractivity contribution in [3.63, 3.8) is 0 Å². The average Bonchev–Trinajstić information content (AvgIpc) is 1.59. The molecule has 0 amide bonds. The largest absolute Gasteiger partial charge is 0.290 e. The van der Waals surface area contributed by atoms with E-state index in [2.05, 4.69) is 23.2 Å². The Hall–Kier alpha value is 0.710. The molecule has 0 heterocycles. The molecule has 0 aliphatic heterocycles. The minimum absolute atomic E-state index is 2.37. The Morgan fingerprint density at radius 3 is 1.80 bits per heavy atom. The van der Waals surface area contributed by atoms with Crippen LogP contribution in [0.1, 0.15) is 0 Å². The Morgan fingerprint density at radius 1 is 1.50 bits per heavy atom. The van der Waals surface area contributed by atoms with E-state index in [0.29, 0.717) is 0 Å². The van der Waals surface area contributed by atoms with Gasteiger partial charge in [0.25, 0.3) is 14.7 Å². The van der Waals surface area contributed by atoms with Crippen LogP contribution in [0.2, 0.25) is 0 Å². The van der Waals surface area contributed by atoms with Crippen LogP contribution in [0.3, 0.4) is 0 Å². The molecule has 10 heavy (non-hydrogen) atoms. The molecule has 0 aromatic rings. The highest BCUT2D eigenvalue weighted by Crippen LogP contribution is 2.33. The van der Waals surface area contributed by atoms with Crippen LogP contribution in [-0.2, 0) is 10.1 Å². The maximum absolute atomic E-state index is 12.1. The maximum Gasteiger partial charge on any atom is 0.290 e. The van der Waals surface area contributed by atoms with Gasteiger partial charge in [0.05, 0.1) is 0 Å². The lowest BCUT2D eigenvalue weighted by Gasteiger charge is -2.12. The SMILES string of the molecule is O=S(=O)(O)C(Cl)C(F)(Cl)Cl. The Bertz CT molecular complexity index is 206. The molecule has 1 N–H and O–H groups in total. The summed E-state index contributed by atoms with van der Waals surface area (Å²) >= 11 is 13.9. The molecular weight excluding hydrogens is 229 g/mol. The molecule has 0 aliphatic carbocycles. The van der Waals surface area contributed by atoms with Crippen molar-refractivity contribution in [3.05, 3.63) is 0 Å². The maximum atomic E-state index is 12.1. The molecule has 0 rings (SSSR count). The van der Waals surface area contributed by atoms with Crippen LogP contribution in [0.15, 0.2) is 0 Å². The van der Waals surface area contributed by atoms with Crippen LogP contribution >= 0.6 is 34.8 Å². The van der Waals surface area contributed by atoms with Crippen molar-refractivity contribution < 1.29 is 17.4 Å². The number of hydrogen-bond donors (Lipinski definition) is 1. The molecule has 3 nitrogen and oxygen atoms in total. The first-order valence-electron chi connectivity index (χ1n) is 1.83. The standard InChI is InChI=1S/C2H2Cl3FO3S/c3-1(2(4,5)6)10(7,8)9/h1H,(H,7,8,9). The third-order valence-corrected chi connectivity index (χ3v) is 3.26. The van der Waals surface area contributed by atoms with Gasteiger partial charge in [-0.15, -0.1) is 0 Å². The molecule has 62 valence electrons. The molecular formula is C2H2Cl3FO3S. The topological polar surface area (TPSA) is 54.4 Å². The summed E-state index contributed by atoms with van der Waals surface area (Å²) in [5, 5.41) is 0. The highest BCUT2D eigenvalue weighted by atomic mass is 35.5. The van der Waals surface area contributed by atoms with Gasteiger partial charge >= 0.3 is 0 Å². The van der Waals surface area contributed by atoms with Crippen LogP contribution < -0.4 is 0 Å². The van der Waals surface area contributed by atoms with E-state index in [0.717, 1.165) is 0 Å². The Morgan fingerprint density at radius 2 is 1.80 bits per heavy atom. The smallest absolute Gasteiger partial charge is 0.284 e. The van der Waals surface area contributed by atoms with E-state index in [1.807, 2.05) is 0 Å². The van der Waals surface area contributed by atoms with Gasteiger partial charge in [-0.05, 0) is 0 Å². The van der Waals surface area contributed by atoms with Crippen LogP contribution in [0, 0.1) is 0 Å². The molecule has 0 aliphatic rings. The lowest BCUT2D eigenvalue weighted by atomic mass is 10.9. The monoisotopic (exact) mass is 230 g/mol. The Kier molecular flexibility index (Phi) is 3.20. The van der Waals surface area contributed by atoms with Crippen LogP contribution in [0.4, 0.5) is 4.39 Å². The molecule has 0 aromatic carbocycles. The zero-order chi connectivity index (χ0) is 8.58. The summed E-state index contributed by atoms with van der Waals surface area (Å²) < 4.78 is 34.6. The first kappa shape index (κ1) is 10.7. The van der Waals surface area contributed by atoms with Crippen molar-refractivity contribution in [3.8, 4) is 0 Å². The zero-order valence-corrected chi connectivity index (χ0v) is 7.35. The molecule has 0 bridgehead atoms. The summed E-state index contributed by atoms with van der Waals surface area (Å²) in [5.74, 6) is 0. The summed E-state index contributed by atoms with van der Waals surface area (Å²) in [7, 11) is -4.73. The fourth-order valence-electron chi connectivity index (χ4n) is 0.169. The van der Waals surface area contributed by atoms with Gasteiger partial charge in [0, 0.05) is 0 Å². The first-order chi connectivity index (χ1) is 4.15. The second kappa shape index (κ2) is 2.98. The summed E-state index contributed by atoms with van der Waals surface area (Å²) in [6.45, 7) is 0. The fraction of sp³-hybridized carbons (Fsp3) is 1.00. The van der Waals surface area contributed by atoms with Crippen molar-refractivity contribution in [2.75, 3.05) is 0 Å². The van der Waals surface area contributed by atoms with Crippen molar-refractivity contribution >= 4 is 44.9 Å². The van der Waals surface area contributed by atoms with Gasteiger partial charge in [0.2, 0.25) is 4.71 Å². The van der Waals surface area contributed by atoms with Gasteiger partial charge < -0.3 is 0 Å². The minimum atomic E-state index is -4.73. The summed E-state index contributed by atoms with van der Waals surface area (Å²) in [6, 6.07) is 0. The van der Waals surface area contributed by atoms with Crippen LogP contribution in [0.5, 0.6) is 0 Å². The van der Waals surface area contributed by atoms with Gasteiger partial charge in [-0.3, -0.25) is 4.55 Å². The van der Waals surface area contributed by atoms with Crippen molar-refractivity contribution in [1.29, 1.82) is 0 Å². The van der Waals surface area contributed by atoms with E-state index in [9.17, 15) is 12.8 Å².